The Kier molecular flexibility index (Phi) is 4.74. The van der Waals surface area contributed by atoms with Gasteiger partial charge in [0.2, 0.25) is 5.91 Å². The van der Waals surface area contributed by atoms with Gasteiger partial charge >= 0.3 is 0 Å². The molecule has 0 aliphatic carbocycles. The monoisotopic (exact) mass is 312 g/mol. The van der Waals surface area contributed by atoms with Gasteiger partial charge in [-0.05, 0) is 31.5 Å². The molecular formula is C13H17BrN2O2. The molecule has 0 aromatic heterocycles. The van der Waals surface area contributed by atoms with E-state index in [1.807, 2.05) is 18.2 Å². The van der Waals surface area contributed by atoms with E-state index in [0.717, 1.165) is 35.1 Å². The lowest BCUT2D eigenvalue weighted by molar-refractivity contribution is -0.117. The van der Waals surface area contributed by atoms with E-state index in [-0.39, 0.29) is 11.9 Å². The number of methoxy groups -OCH3 is 1. The molecule has 0 bridgehead atoms. The summed E-state index contributed by atoms with van der Waals surface area (Å²) in [5.74, 6) is 0.0305. The van der Waals surface area contributed by atoms with E-state index in [1.165, 1.54) is 0 Å². The fraction of sp³-hybridized carbons (Fsp3) is 0.462. The van der Waals surface area contributed by atoms with Crippen LogP contribution in [0.4, 0.5) is 5.69 Å². The summed E-state index contributed by atoms with van der Waals surface area (Å²) in [4.78, 5) is 12.1. The van der Waals surface area contributed by atoms with Gasteiger partial charge in [-0.15, -0.1) is 0 Å². The average Bonchev–Trinajstić information content (AvgIpc) is 2.87. The molecule has 0 spiro atoms. The third-order valence-electron chi connectivity index (χ3n) is 3.04. The summed E-state index contributed by atoms with van der Waals surface area (Å²) < 4.78 is 6.11. The van der Waals surface area contributed by atoms with Crippen molar-refractivity contribution in [2.45, 2.75) is 25.5 Å². The van der Waals surface area contributed by atoms with E-state index in [2.05, 4.69) is 26.6 Å². The number of amides is 1. The molecule has 1 aliphatic heterocycles. The molecule has 18 heavy (non-hydrogen) atoms. The Balaban J connectivity index is 2.12. The zero-order chi connectivity index (χ0) is 13.0. The second-order valence-corrected chi connectivity index (χ2v) is 5.19. The van der Waals surface area contributed by atoms with Crippen molar-refractivity contribution >= 4 is 27.5 Å². The predicted octanol–water partition coefficient (Wildman–Crippen LogP) is 2.29. The van der Waals surface area contributed by atoms with E-state index < -0.39 is 0 Å². The molecule has 1 atom stereocenters. The molecule has 1 aromatic rings. The number of carbonyl (C=O) groups is 1. The van der Waals surface area contributed by atoms with Gasteiger partial charge in [-0.2, -0.15) is 0 Å². The van der Waals surface area contributed by atoms with Crippen molar-refractivity contribution in [3.8, 4) is 0 Å². The quantitative estimate of drug-likeness (QED) is 0.897. The lowest BCUT2D eigenvalue weighted by Gasteiger charge is -2.15. The molecule has 2 rings (SSSR count). The number of rotatable bonds is 4. The Morgan fingerprint density at radius 1 is 1.61 bits per heavy atom. The molecule has 1 fully saturated rings. The summed E-state index contributed by atoms with van der Waals surface area (Å²) in [6.45, 7) is 1.39. The van der Waals surface area contributed by atoms with Crippen LogP contribution in [-0.2, 0) is 16.1 Å². The highest BCUT2D eigenvalue weighted by molar-refractivity contribution is 9.10. The number of hydrogen-bond acceptors (Lipinski definition) is 3. The van der Waals surface area contributed by atoms with Crippen LogP contribution in [0.5, 0.6) is 0 Å². The van der Waals surface area contributed by atoms with Crippen LogP contribution in [0.3, 0.4) is 0 Å². The molecular weight excluding hydrogens is 296 g/mol. The number of halogens is 1. The number of benzene rings is 1. The Labute approximate surface area is 115 Å². The van der Waals surface area contributed by atoms with Crippen LogP contribution in [0.2, 0.25) is 0 Å². The number of anilines is 1. The van der Waals surface area contributed by atoms with Gasteiger partial charge in [0.25, 0.3) is 0 Å². The number of ether oxygens (including phenoxy) is 1. The van der Waals surface area contributed by atoms with E-state index in [4.69, 9.17) is 4.74 Å². The molecule has 1 aromatic carbocycles. The number of carbonyl (C=O) groups excluding carboxylic acids is 1. The minimum absolute atomic E-state index is 0.0305. The van der Waals surface area contributed by atoms with Crippen molar-refractivity contribution in [2.75, 3.05) is 19.0 Å². The van der Waals surface area contributed by atoms with E-state index >= 15 is 0 Å². The first-order valence-corrected chi connectivity index (χ1v) is 6.82. The minimum Gasteiger partial charge on any atom is -0.380 e. The first kappa shape index (κ1) is 13.5. The highest BCUT2D eigenvalue weighted by Crippen LogP contribution is 2.26. The van der Waals surface area contributed by atoms with Crippen LogP contribution in [0, 0.1) is 0 Å². The van der Waals surface area contributed by atoms with Crippen molar-refractivity contribution < 1.29 is 9.53 Å². The summed E-state index contributed by atoms with van der Waals surface area (Å²) >= 11 is 3.47. The maximum Gasteiger partial charge on any atom is 0.241 e. The maximum atomic E-state index is 12.1. The molecule has 1 heterocycles. The zero-order valence-corrected chi connectivity index (χ0v) is 11.9. The molecule has 0 saturated carbocycles. The van der Waals surface area contributed by atoms with Gasteiger partial charge in [0.05, 0.1) is 12.6 Å². The lowest BCUT2D eigenvalue weighted by atomic mass is 10.1. The van der Waals surface area contributed by atoms with Crippen LogP contribution in [0.1, 0.15) is 18.4 Å². The minimum atomic E-state index is -0.0700. The molecule has 1 aliphatic rings. The van der Waals surface area contributed by atoms with Crippen LogP contribution in [0.25, 0.3) is 0 Å². The van der Waals surface area contributed by atoms with Crippen molar-refractivity contribution in [1.29, 1.82) is 0 Å². The number of nitrogens with one attached hydrogen (secondary N) is 2. The van der Waals surface area contributed by atoms with Gasteiger partial charge in [-0.1, -0.05) is 22.0 Å². The Morgan fingerprint density at radius 3 is 3.11 bits per heavy atom. The standard InChI is InChI=1S/C13H17BrN2O2/c1-18-8-9-10(14)4-2-5-11(9)16-13(17)12-6-3-7-15-12/h2,4-5,12,15H,3,6-8H2,1H3,(H,16,17)/t12-/m0/s1. The van der Waals surface area contributed by atoms with Crippen molar-refractivity contribution in [1.82, 2.24) is 5.32 Å². The smallest absolute Gasteiger partial charge is 0.241 e. The molecule has 4 nitrogen and oxygen atoms in total. The second-order valence-electron chi connectivity index (χ2n) is 4.34. The van der Waals surface area contributed by atoms with Crippen LogP contribution in [-0.4, -0.2) is 25.6 Å². The van der Waals surface area contributed by atoms with Crippen LogP contribution >= 0.6 is 15.9 Å². The Hall–Kier alpha value is -0.910. The molecule has 1 saturated heterocycles. The second kappa shape index (κ2) is 6.31. The zero-order valence-electron chi connectivity index (χ0n) is 10.3. The van der Waals surface area contributed by atoms with E-state index in [0.29, 0.717) is 6.61 Å². The van der Waals surface area contributed by atoms with Gasteiger partial charge in [0.1, 0.15) is 0 Å². The lowest BCUT2D eigenvalue weighted by Crippen LogP contribution is -2.35. The summed E-state index contributed by atoms with van der Waals surface area (Å²) in [6, 6.07) is 5.67. The van der Waals surface area contributed by atoms with Gasteiger partial charge in [-0.25, -0.2) is 0 Å². The van der Waals surface area contributed by atoms with Gasteiger partial charge < -0.3 is 15.4 Å². The first-order valence-electron chi connectivity index (χ1n) is 6.03. The number of hydrogen-bond donors (Lipinski definition) is 2. The van der Waals surface area contributed by atoms with Crippen molar-refractivity contribution in [3.63, 3.8) is 0 Å². The largest absolute Gasteiger partial charge is 0.380 e. The summed E-state index contributed by atoms with van der Waals surface area (Å²) in [7, 11) is 1.64. The van der Waals surface area contributed by atoms with Gasteiger partial charge in [-0.3, -0.25) is 4.79 Å². The van der Waals surface area contributed by atoms with Gasteiger partial charge in [0.15, 0.2) is 0 Å². The molecule has 1 amide bonds. The third-order valence-corrected chi connectivity index (χ3v) is 3.79. The summed E-state index contributed by atoms with van der Waals surface area (Å²) in [5.41, 5.74) is 1.77. The van der Waals surface area contributed by atoms with Gasteiger partial charge in [0, 0.05) is 22.8 Å². The fourth-order valence-electron chi connectivity index (χ4n) is 2.09. The Morgan fingerprint density at radius 2 is 2.44 bits per heavy atom. The van der Waals surface area contributed by atoms with E-state index in [9.17, 15) is 4.79 Å². The predicted molar refractivity (Wildman–Crippen MR) is 74.5 cm³/mol. The highest BCUT2D eigenvalue weighted by Gasteiger charge is 2.22. The molecule has 0 unspecified atom stereocenters. The molecule has 98 valence electrons. The third kappa shape index (κ3) is 3.10. The summed E-state index contributed by atoms with van der Waals surface area (Å²) in [6.07, 6.45) is 1.96. The first-order chi connectivity index (χ1) is 8.72. The SMILES string of the molecule is COCc1c(Br)cccc1NC(=O)[C@@H]1CCCN1. The average molecular weight is 313 g/mol. The normalized spacial score (nSPS) is 18.9. The van der Waals surface area contributed by atoms with Crippen LogP contribution in [0.15, 0.2) is 22.7 Å². The highest BCUT2D eigenvalue weighted by atomic mass is 79.9. The van der Waals surface area contributed by atoms with E-state index in [1.54, 1.807) is 7.11 Å². The van der Waals surface area contributed by atoms with Crippen molar-refractivity contribution in [2.24, 2.45) is 0 Å². The molecule has 5 heteroatoms. The van der Waals surface area contributed by atoms with Crippen molar-refractivity contribution in [3.05, 3.63) is 28.2 Å². The Bertz CT molecular complexity index is 431. The molecule has 2 N–H and O–H groups in total. The fourth-order valence-corrected chi connectivity index (χ4v) is 2.58. The molecule has 0 radical (unpaired) electrons. The topological polar surface area (TPSA) is 50.4 Å². The van der Waals surface area contributed by atoms with Crippen LogP contribution < -0.4 is 10.6 Å². The summed E-state index contributed by atoms with van der Waals surface area (Å²) in [5, 5.41) is 6.15. The maximum absolute atomic E-state index is 12.1.